The van der Waals surface area contributed by atoms with Crippen molar-refractivity contribution in [2.45, 2.75) is 6.92 Å². The Labute approximate surface area is 165 Å². The summed E-state index contributed by atoms with van der Waals surface area (Å²) in [5, 5.41) is 16.9. The molecule has 140 valence electrons. The maximum Gasteiger partial charge on any atom is 0.225 e. The number of benzene rings is 1. The van der Waals surface area contributed by atoms with E-state index in [0.29, 0.717) is 18.4 Å². The number of nitrogens with one attached hydrogen (secondary N) is 3. The number of aromatic nitrogens is 4. The Balaban J connectivity index is 1.41. The highest BCUT2D eigenvalue weighted by Gasteiger charge is 2.11. The van der Waals surface area contributed by atoms with Gasteiger partial charge in [-0.15, -0.1) is 11.3 Å². The first kappa shape index (κ1) is 16.9. The molecule has 3 aromatic heterocycles. The minimum absolute atomic E-state index is 0.505. The summed E-state index contributed by atoms with van der Waals surface area (Å²) in [6, 6.07) is 8.08. The van der Waals surface area contributed by atoms with Gasteiger partial charge in [0.2, 0.25) is 5.95 Å². The summed E-state index contributed by atoms with van der Waals surface area (Å²) >= 11 is 1.62. The summed E-state index contributed by atoms with van der Waals surface area (Å²) in [6.07, 6.45) is 6.07. The molecule has 0 amide bonds. The van der Waals surface area contributed by atoms with E-state index in [9.17, 15) is 0 Å². The van der Waals surface area contributed by atoms with Crippen molar-refractivity contribution < 1.29 is 0 Å². The molecule has 0 saturated heterocycles. The molecule has 1 aromatic carbocycles. The van der Waals surface area contributed by atoms with E-state index in [1.807, 2.05) is 29.8 Å². The van der Waals surface area contributed by atoms with Gasteiger partial charge in [-0.3, -0.25) is 10.1 Å². The maximum absolute atomic E-state index is 4.71. The SMILES string of the molecule is CC1C=CC(CNc2nc(Nc3ccc4[nH]ncc4c3)c3sccc3n2)=NC1. The Bertz CT molecular complexity index is 1200. The van der Waals surface area contributed by atoms with Crippen LogP contribution in [0.4, 0.5) is 17.5 Å². The van der Waals surface area contributed by atoms with Crippen LogP contribution in [0.1, 0.15) is 6.92 Å². The molecular formula is C20H19N7S. The lowest BCUT2D eigenvalue weighted by Crippen LogP contribution is -2.18. The van der Waals surface area contributed by atoms with E-state index in [1.165, 1.54) is 0 Å². The molecule has 0 fully saturated rings. The second kappa shape index (κ2) is 7.05. The van der Waals surface area contributed by atoms with Crippen LogP contribution in [0.15, 0.2) is 53.0 Å². The minimum atomic E-state index is 0.505. The van der Waals surface area contributed by atoms with Crippen molar-refractivity contribution in [1.82, 2.24) is 20.2 Å². The number of nitrogens with zero attached hydrogens (tertiary/aromatic N) is 4. The van der Waals surface area contributed by atoms with Gasteiger partial charge >= 0.3 is 0 Å². The monoisotopic (exact) mass is 389 g/mol. The van der Waals surface area contributed by atoms with Gasteiger partial charge in [-0.1, -0.05) is 13.0 Å². The van der Waals surface area contributed by atoms with Gasteiger partial charge < -0.3 is 10.6 Å². The molecule has 1 unspecified atom stereocenters. The summed E-state index contributed by atoms with van der Waals surface area (Å²) in [4.78, 5) is 13.9. The lowest BCUT2D eigenvalue weighted by Gasteiger charge is -2.13. The van der Waals surface area contributed by atoms with E-state index in [2.05, 4.69) is 55.9 Å². The predicted octanol–water partition coefficient (Wildman–Crippen LogP) is 4.37. The molecule has 5 rings (SSSR count). The summed E-state index contributed by atoms with van der Waals surface area (Å²) in [5.74, 6) is 1.89. The fourth-order valence-electron chi connectivity index (χ4n) is 3.12. The van der Waals surface area contributed by atoms with E-state index < -0.39 is 0 Å². The van der Waals surface area contributed by atoms with Crippen LogP contribution in [-0.4, -0.2) is 39.0 Å². The number of H-pyrrole nitrogens is 1. The van der Waals surface area contributed by atoms with Crippen LogP contribution in [0.2, 0.25) is 0 Å². The largest absolute Gasteiger partial charge is 0.349 e. The number of aliphatic imine (C=N–C) groups is 1. The molecule has 0 bridgehead atoms. The zero-order valence-electron chi connectivity index (χ0n) is 15.3. The number of anilines is 3. The molecule has 28 heavy (non-hydrogen) atoms. The van der Waals surface area contributed by atoms with Crippen LogP contribution in [0.25, 0.3) is 21.1 Å². The van der Waals surface area contributed by atoms with E-state index >= 15 is 0 Å². The summed E-state index contributed by atoms with van der Waals surface area (Å²) < 4.78 is 1.03. The summed E-state index contributed by atoms with van der Waals surface area (Å²) in [6.45, 7) is 3.61. The maximum atomic E-state index is 4.71. The van der Waals surface area contributed by atoms with Gasteiger partial charge in [-0.05, 0) is 41.6 Å². The van der Waals surface area contributed by atoms with Crippen LogP contribution < -0.4 is 10.6 Å². The van der Waals surface area contributed by atoms with Gasteiger partial charge in [-0.2, -0.15) is 10.1 Å². The van der Waals surface area contributed by atoms with Gasteiger partial charge in [0, 0.05) is 17.6 Å². The fraction of sp³-hybridized carbons (Fsp3) is 0.200. The number of hydrogen-bond donors (Lipinski definition) is 3. The molecule has 7 nitrogen and oxygen atoms in total. The Kier molecular flexibility index (Phi) is 4.25. The Morgan fingerprint density at radius 2 is 2.21 bits per heavy atom. The fourth-order valence-corrected chi connectivity index (χ4v) is 3.89. The number of aromatic amines is 1. The van der Waals surface area contributed by atoms with Crippen LogP contribution in [0, 0.1) is 5.92 Å². The van der Waals surface area contributed by atoms with Crippen molar-refractivity contribution in [3.8, 4) is 0 Å². The average Bonchev–Trinajstić information content (AvgIpc) is 3.36. The number of dihydropyridines is 1. The van der Waals surface area contributed by atoms with Gasteiger partial charge in [0.05, 0.1) is 34.2 Å². The van der Waals surface area contributed by atoms with Crippen molar-refractivity contribution in [2.75, 3.05) is 23.7 Å². The van der Waals surface area contributed by atoms with Crippen molar-refractivity contribution in [1.29, 1.82) is 0 Å². The minimum Gasteiger partial charge on any atom is -0.349 e. The zero-order chi connectivity index (χ0) is 18.9. The van der Waals surface area contributed by atoms with Crippen molar-refractivity contribution in [2.24, 2.45) is 10.9 Å². The topological polar surface area (TPSA) is 90.9 Å². The van der Waals surface area contributed by atoms with Crippen molar-refractivity contribution >= 4 is 55.6 Å². The third-order valence-electron chi connectivity index (χ3n) is 4.63. The molecule has 1 atom stereocenters. The van der Waals surface area contributed by atoms with Gasteiger partial charge in [0.1, 0.15) is 0 Å². The first-order chi connectivity index (χ1) is 13.7. The Morgan fingerprint density at radius 3 is 3.11 bits per heavy atom. The van der Waals surface area contributed by atoms with E-state index in [4.69, 9.17) is 4.98 Å². The third-order valence-corrected chi connectivity index (χ3v) is 5.54. The number of rotatable bonds is 5. The quantitative estimate of drug-likeness (QED) is 0.471. The molecule has 1 aliphatic rings. The first-order valence-corrected chi connectivity index (χ1v) is 10.0. The normalized spacial score (nSPS) is 16.5. The highest BCUT2D eigenvalue weighted by molar-refractivity contribution is 7.17. The number of fused-ring (bicyclic) bond motifs is 2. The summed E-state index contributed by atoms with van der Waals surface area (Å²) in [7, 11) is 0. The summed E-state index contributed by atoms with van der Waals surface area (Å²) in [5.41, 5.74) is 3.91. The predicted molar refractivity (Wildman–Crippen MR) is 116 cm³/mol. The second-order valence-corrected chi connectivity index (χ2v) is 7.77. The van der Waals surface area contributed by atoms with E-state index in [-0.39, 0.29) is 0 Å². The zero-order valence-corrected chi connectivity index (χ0v) is 16.1. The highest BCUT2D eigenvalue weighted by Crippen LogP contribution is 2.30. The van der Waals surface area contributed by atoms with Crippen LogP contribution in [0.3, 0.4) is 0 Å². The van der Waals surface area contributed by atoms with Crippen LogP contribution in [-0.2, 0) is 0 Å². The first-order valence-electron chi connectivity index (χ1n) is 9.15. The highest BCUT2D eigenvalue weighted by atomic mass is 32.1. The van der Waals surface area contributed by atoms with Gasteiger partial charge in [0.25, 0.3) is 0 Å². The van der Waals surface area contributed by atoms with Gasteiger partial charge in [0.15, 0.2) is 5.82 Å². The van der Waals surface area contributed by atoms with Crippen molar-refractivity contribution in [3.63, 3.8) is 0 Å². The Morgan fingerprint density at radius 1 is 1.25 bits per heavy atom. The molecule has 0 saturated carbocycles. The van der Waals surface area contributed by atoms with Crippen LogP contribution in [0.5, 0.6) is 0 Å². The third kappa shape index (κ3) is 3.34. The van der Waals surface area contributed by atoms with Crippen molar-refractivity contribution in [3.05, 3.63) is 48.0 Å². The van der Waals surface area contributed by atoms with Gasteiger partial charge in [-0.25, -0.2) is 4.98 Å². The lowest BCUT2D eigenvalue weighted by atomic mass is 10.1. The molecule has 8 heteroatoms. The smallest absolute Gasteiger partial charge is 0.225 e. The van der Waals surface area contributed by atoms with E-state index in [0.717, 1.165) is 44.9 Å². The second-order valence-electron chi connectivity index (χ2n) is 6.85. The standard InChI is InChI=1S/C20H19N7S/c1-12-2-3-15(21-9-12)11-22-20-25-17-6-7-28-18(17)19(26-20)24-14-4-5-16-13(8-14)10-23-27-16/h2-8,10,12H,9,11H2,1H3,(H,23,27)(H2,22,24,25,26). The molecule has 0 spiro atoms. The molecule has 0 radical (unpaired) electrons. The number of thiophene rings is 1. The molecular weight excluding hydrogens is 370 g/mol. The van der Waals surface area contributed by atoms with Crippen LogP contribution >= 0.6 is 11.3 Å². The molecule has 1 aliphatic heterocycles. The molecule has 0 aliphatic carbocycles. The molecule has 4 heterocycles. The molecule has 4 aromatic rings. The number of hydrogen-bond acceptors (Lipinski definition) is 7. The lowest BCUT2D eigenvalue weighted by molar-refractivity contribution is 0.733. The Hall–Kier alpha value is -3.26. The molecule has 3 N–H and O–H groups in total. The van der Waals surface area contributed by atoms with E-state index in [1.54, 1.807) is 11.3 Å². The average molecular weight is 389 g/mol.